The first-order valence-corrected chi connectivity index (χ1v) is 6.72. The number of nitrogens with two attached hydrogens (primary N) is 1. The number of hydrogen-bond acceptors (Lipinski definition) is 3. The van der Waals surface area contributed by atoms with E-state index < -0.39 is 18.3 Å². The van der Waals surface area contributed by atoms with Gasteiger partial charge in [0.2, 0.25) is 0 Å². The Labute approximate surface area is 121 Å². The van der Waals surface area contributed by atoms with Crippen LogP contribution in [0.3, 0.4) is 0 Å². The third kappa shape index (κ3) is 3.85. The minimum absolute atomic E-state index is 0.0426. The lowest BCUT2D eigenvalue weighted by Gasteiger charge is -2.16. The van der Waals surface area contributed by atoms with Gasteiger partial charge in [-0.1, -0.05) is 36.4 Å². The zero-order chi connectivity index (χ0) is 15.6. The molecule has 1 aromatic rings. The van der Waals surface area contributed by atoms with Crippen molar-refractivity contribution < 1.29 is 13.2 Å². The van der Waals surface area contributed by atoms with Crippen LogP contribution in [-0.2, 0) is 0 Å². The first-order chi connectivity index (χ1) is 9.77. The fraction of sp³-hybridized carbons (Fsp3) is 0.400. The maximum atomic E-state index is 12.8. The van der Waals surface area contributed by atoms with Crippen molar-refractivity contribution in [2.75, 3.05) is 0 Å². The Balaban J connectivity index is 2.16. The Hall–Kier alpha value is -1.82. The van der Waals surface area contributed by atoms with Crippen molar-refractivity contribution in [1.82, 2.24) is 5.32 Å². The summed E-state index contributed by atoms with van der Waals surface area (Å²) in [5.41, 5.74) is 7.20. The molecule has 3 nitrogen and oxygen atoms in total. The number of alkyl halides is 3. The molecule has 1 aromatic carbocycles. The minimum Gasteiger partial charge on any atom is -0.365 e. The van der Waals surface area contributed by atoms with Crippen LogP contribution in [0.2, 0.25) is 0 Å². The average molecular weight is 297 g/mol. The molecule has 1 aliphatic rings. The molecule has 114 valence electrons. The van der Waals surface area contributed by atoms with Crippen molar-refractivity contribution in [2.45, 2.75) is 38.1 Å². The lowest BCUT2D eigenvalue weighted by atomic mass is 10.1. The normalized spacial score (nSPS) is 24.0. The molecular formula is C15H18F3N3. The lowest BCUT2D eigenvalue weighted by Crippen LogP contribution is -2.40. The Morgan fingerprint density at radius 3 is 2.38 bits per heavy atom. The first-order valence-electron chi connectivity index (χ1n) is 6.72. The molecule has 0 amide bonds. The van der Waals surface area contributed by atoms with Crippen molar-refractivity contribution in [1.29, 1.82) is 0 Å². The van der Waals surface area contributed by atoms with Gasteiger partial charge in [-0.2, -0.15) is 13.2 Å². The van der Waals surface area contributed by atoms with E-state index in [1.165, 1.54) is 6.92 Å². The highest BCUT2D eigenvalue weighted by molar-refractivity contribution is 6.00. The number of halogens is 3. The highest BCUT2D eigenvalue weighted by Gasteiger charge is 2.46. The lowest BCUT2D eigenvalue weighted by molar-refractivity contribution is -0.149. The number of nitrogens with one attached hydrogen (secondary N) is 1. The molecule has 1 aliphatic heterocycles. The van der Waals surface area contributed by atoms with Crippen LogP contribution in [0.15, 0.2) is 35.3 Å². The Morgan fingerprint density at radius 2 is 1.90 bits per heavy atom. The molecular weight excluding hydrogens is 279 g/mol. The molecule has 0 fully saturated rings. The molecule has 3 unspecified atom stereocenters. The van der Waals surface area contributed by atoms with E-state index in [0.29, 0.717) is 5.56 Å². The zero-order valence-corrected chi connectivity index (χ0v) is 11.9. The molecule has 3 atom stereocenters. The van der Waals surface area contributed by atoms with E-state index in [0.717, 1.165) is 5.56 Å². The maximum Gasteiger partial charge on any atom is 0.412 e. The number of aliphatic imine (C=N–C) groups is 1. The predicted molar refractivity (Wildman–Crippen MR) is 78.1 cm³/mol. The van der Waals surface area contributed by atoms with Crippen LogP contribution in [0.1, 0.15) is 25.0 Å². The summed E-state index contributed by atoms with van der Waals surface area (Å²) >= 11 is 0. The summed E-state index contributed by atoms with van der Waals surface area (Å²) in [4.78, 5) is 3.76. The van der Waals surface area contributed by atoms with Crippen LogP contribution in [0, 0.1) is 0 Å². The van der Waals surface area contributed by atoms with Crippen LogP contribution < -0.4 is 11.1 Å². The van der Waals surface area contributed by atoms with E-state index >= 15 is 0 Å². The van der Waals surface area contributed by atoms with Crippen LogP contribution >= 0.6 is 0 Å². The second kappa shape index (κ2) is 5.89. The number of nitrogens with zero attached hydrogens (tertiary/aromatic N) is 1. The molecule has 0 aromatic heterocycles. The van der Waals surface area contributed by atoms with Gasteiger partial charge in [-0.25, -0.2) is 0 Å². The van der Waals surface area contributed by atoms with E-state index in [4.69, 9.17) is 5.73 Å². The number of hydrogen-bond donors (Lipinski definition) is 2. The average Bonchev–Trinajstić information content (AvgIpc) is 2.79. The largest absolute Gasteiger partial charge is 0.412 e. The van der Waals surface area contributed by atoms with Crippen LogP contribution in [0.25, 0.3) is 6.08 Å². The van der Waals surface area contributed by atoms with E-state index in [-0.39, 0.29) is 11.9 Å². The number of amidine groups is 1. The van der Waals surface area contributed by atoms with Gasteiger partial charge in [0.15, 0.2) is 6.04 Å². The van der Waals surface area contributed by atoms with Gasteiger partial charge in [0.1, 0.15) is 5.84 Å². The monoisotopic (exact) mass is 297 g/mol. The van der Waals surface area contributed by atoms with E-state index in [1.54, 1.807) is 12.1 Å². The third-order valence-corrected chi connectivity index (χ3v) is 3.22. The first kappa shape index (κ1) is 15.6. The SMILES string of the molecule is CC(N)/C=C/c1ccc(C2=NC(C(F)(F)F)C(C)N2)cc1. The molecule has 0 spiro atoms. The zero-order valence-electron chi connectivity index (χ0n) is 11.9. The molecule has 0 saturated carbocycles. The van der Waals surface area contributed by atoms with Gasteiger partial charge in [0.05, 0.1) is 6.04 Å². The standard InChI is InChI=1S/C15H18F3N3/c1-9(19)3-4-11-5-7-12(8-6-11)14-20-10(2)13(21-14)15(16,17)18/h3-10,13H,19H2,1-2H3,(H,20,21)/b4-3+. The molecule has 0 bridgehead atoms. The summed E-state index contributed by atoms with van der Waals surface area (Å²) in [5, 5.41) is 2.79. The molecule has 1 heterocycles. The van der Waals surface area contributed by atoms with Gasteiger partial charge in [-0.3, -0.25) is 4.99 Å². The quantitative estimate of drug-likeness (QED) is 0.901. The molecule has 2 rings (SSSR count). The van der Waals surface area contributed by atoms with Crippen molar-refractivity contribution in [3.05, 3.63) is 41.5 Å². The van der Waals surface area contributed by atoms with Crippen LogP contribution in [-0.4, -0.2) is 30.1 Å². The highest BCUT2D eigenvalue weighted by Crippen LogP contribution is 2.29. The maximum absolute atomic E-state index is 12.8. The second-order valence-electron chi connectivity index (χ2n) is 5.24. The van der Waals surface area contributed by atoms with Gasteiger partial charge in [0.25, 0.3) is 0 Å². The predicted octanol–water partition coefficient (Wildman–Crippen LogP) is 2.72. The summed E-state index contributed by atoms with van der Waals surface area (Å²) in [7, 11) is 0. The van der Waals surface area contributed by atoms with Crippen molar-refractivity contribution in [3.8, 4) is 0 Å². The number of benzene rings is 1. The van der Waals surface area contributed by atoms with E-state index in [1.807, 2.05) is 31.2 Å². The fourth-order valence-corrected chi connectivity index (χ4v) is 2.11. The highest BCUT2D eigenvalue weighted by atomic mass is 19.4. The molecule has 6 heteroatoms. The van der Waals surface area contributed by atoms with Gasteiger partial charge >= 0.3 is 6.18 Å². The molecule has 0 radical (unpaired) electrons. The van der Waals surface area contributed by atoms with Gasteiger partial charge in [-0.05, 0) is 19.4 Å². The van der Waals surface area contributed by atoms with Crippen molar-refractivity contribution in [2.24, 2.45) is 10.7 Å². The Kier molecular flexibility index (Phi) is 4.37. The summed E-state index contributed by atoms with van der Waals surface area (Å²) in [6, 6.07) is 4.66. The van der Waals surface area contributed by atoms with Crippen molar-refractivity contribution in [3.63, 3.8) is 0 Å². The van der Waals surface area contributed by atoms with Crippen molar-refractivity contribution >= 4 is 11.9 Å². The van der Waals surface area contributed by atoms with Crippen LogP contribution in [0.4, 0.5) is 13.2 Å². The van der Waals surface area contributed by atoms with Gasteiger partial charge in [-0.15, -0.1) is 0 Å². The fourth-order valence-electron chi connectivity index (χ4n) is 2.11. The van der Waals surface area contributed by atoms with E-state index in [9.17, 15) is 13.2 Å². The molecule has 21 heavy (non-hydrogen) atoms. The minimum atomic E-state index is -4.33. The third-order valence-electron chi connectivity index (χ3n) is 3.22. The smallest absolute Gasteiger partial charge is 0.365 e. The van der Waals surface area contributed by atoms with E-state index in [2.05, 4.69) is 10.3 Å². The number of rotatable bonds is 3. The summed E-state index contributed by atoms with van der Waals surface area (Å²) < 4.78 is 38.3. The molecule has 0 aliphatic carbocycles. The Bertz CT molecular complexity index is 544. The summed E-state index contributed by atoms with van der Waals surface area (Å²) in [6.45, 7) is 3.34. The second-order valence-corrected chi connectivity index (χ2v) is 5.24. The van der Waals surface area contributed by atoms with Crippen LogP contribution in [0.5, 0.6) is 0 Å². The van der Waals surface area contributed by atoms with Gasteiger partial charge in [0, 0.05) is 11.6 Å². The molecule has 0 saturated heterocycles. The van der Waals surface area contributed by atoms with Gasteiger partial charge < -0.3 is 11.1 Å². The topological polar surface area (TPSA) is 50.4 Å². The summed E-state index contributed by atoms with van der Waals surface area (Å²) in [5.74, 6) is 0.285. The summed E-state index contributed by atoms with van der Waals surface area (Å²) in [6.07, 6.45) is -0.602. The Morgan fingerprint density at radius 1 is 1.29 bits per heavy atom. The molecule has 3 N–H and O–H groups in total.